The lowest BCUT2D eigenvalue weighted by atomic mass is 10.1. The van der Waals surface area contributed by atoms with E-state index in [1.54, 1.807) is 0 Å². The molecule has 19 heavy (non-hydrogen) atoms. The molecule has 108 valence electrons. The number of methoxy groups -OCH3 is 1. The van der Waals surface area contributed by atoms with Crippen LogP contribution in [0.2, 0.25) is 0 Å². The first-order chi connectivity index (χ1) is 8.92. The lowest BCUT2D eigenvalue weighted by Gasteiger charge is -2.21. The molecule has 0 aliphatic heterocycles. The number of ether oxygens (including phenoxy) is 1. The highest BCUT2D eigenvalue weighted by Crippen LogP contribution is 2.37. The van der Waals surface area contributed by atoms with Gasteiger partial charge in [0.1, 0.15) is 5.75 Å². The number of hydrogen-bond acceptors (Lipinski definition) is 2. The second kappa shape index (κ2) is 6.68. The fraction of sp³-hybridized carbons (Fsp3) is 0.571. The van der Waals surface area contributed by atoms with E-state index in [-0.39, 0.29) is 17.5 Å². The fourth-order valence-electron chi connectivity index (χ4n) is 1.96. The molecule has 1 unspecified atom stereocenters. The predicted octanol–water partition coefficient (Wildman–Crippen LogP) is 4.70. The van der Waals surface area contributed by atoms with Crippen LogP contribution in [-0.2, 0) is 6.18 Å². The van der Waals surface area contributed by atoms with Crippen LogP contribution < -0.4 is 10.1 Å². The van der Waals surface area contributed by atoms with Crippen molar-refractivity contribution in [3.05, 3.63) is 23.8 Å². The Morgan fingerprint density at radius 2 is 1.95 bits per heavy atom. The maximum absolute atomic E-state index is 13.0. The lowest BCUT2D eigenvalue weighted by Crippen LogP contribution is -2.21. The molecule has 1 N–H and O–H groups in total. The molecule has 0 amide bonds. The van der Waals surface area contributed by atoms with Gasteiger partial charge in [-0.25, -0.2) is 0 Å². The molecule has 0 spiro atoms. The first-order valence-electron chi connectivity index (χ1n) is 6.44. The molecular formula is C14H20F3NO. The molecule has 0 saturated carbocycles. The molecule has 5 heteroatoms. The van der Waals surface area contributed by atoms with Gasteiger partial charge in [0.15, 0.2) is 0 Å². The molecule has 1 aromatic carbocycles. The molecule has 0 heterocycles. The van der Waals surface area contributed by atoms with Crippen molar-refractivity contribution in [2.24, 2.45) is 0 Å². The fourth-order valence-corrected chi connectivity index (χ4v) is 1.96. The lowest BCUT2D eigenvalue weighted by molar-refractivity contribution is -0.137. The second-order valence-electron chi connectivity index (χ2n) is 4.45. The third-order valence-corrected chi connectivity index (χ3v) is 3.02. The standard InChI is InChI=1S/C14H20F3NO/c1-4-6-10(5-2)18-13-8-7-11(19-3)9-12(13)14(15,16)17/h7-10,18H,4-6H2,1-3H3. The summed E-state index contributed by atoms with van der Waals surface area (Å²) in [5.41, 5.74) is -0.560. The summed E-state index contributed by atoms with van der Waals surface area (Å²) in [5, 5.41) is 2.98. The van der Waals surface area contributed by atoms with E-state index >= 15 is 0 Å². The minimum absolute atomic E-state index is 0.0551. The van der Waals surface area contributed by atoms with E-state index in [1.807, 2.05) is 13.8 Å². The normalized spacial score (nSPS) is 13.2. The summed E-state index contributed by atoms with van der Waals surface area (Å²) in [6.07, 6.45) is -1.82. The Labute approximate surface area is 112 Å². The molecule has 1 atom stereocenters. The third kappa shape index (κ3) is 4.33. The van der Waals surface area contributed by atoms with Gasteiger partial charge in [0.05, 0.1) is 12.7 Å². The van der Waals surface area contributed by atoms with Crippen LogP contribution in [0.5, 0.6) is 5.75 Å². The molecule has 0 aliphatic rings. The van der Waals surface area contributed by atoms with Crippen molar-refractivity contribution in [1.82, 2.24) is 0 Å². The van der Waals surface area contributed by atoms with E-state index in [4.69, 9.17) is 4.74 Å². The molecule has 0 aliphatic carbocycles. The first kappa shape index (κ1) is 15.7. The Kier molecular flexibility index (Phi) is 5.51. The molecule has 1 aromatic rings. The van der Waals surface area contributed by atoms with Gasteiger partial charge < -0.3 is 10.1 Å². The topological polar surface area (TPSA) is 21.3 Å². The van der Waals surface area contributed by atoms with Gasteiger partial charge in [0, 0.05) is 11.7 Å². The highest BCUT2D eigenvalue weighted by molar-refractivity contribution is 5.56. The largest absolute Gasteiger partial charge is 0.497 e. The Morgan fingerprint density at radius 3 is 2.42 bits per heavy atom. The quantitative estimate of drug-likeness (QED) is 0.812. The van der Waals surface area contributed by atoms with Gasteiger partial charge in [-0.3, -0.25) is 0 Å². The van der Waals surface area contributed by atoms with Gasteiger partial charge in [-0.2, -0.15) is 13.2 Å². The average molecular weight is 275 g/mol. The minimum atomic E-state index is -4.39. The third-order valence-electron chi connectivity index (χ3n) is 3.02. The molecule has 0 bridgehead atoms. The number of anilines is 1. The summed E-state index contributed by atoms with van der Waals surface area (Å²) < 4.78 is 43.9. The minimum Gasteiger partial charge on any atom is -0.497 e. The molecule has 2 nitrogen and oxygen atoms in total. The highest BCUT2D eigenvalue weighted by atomic mass is 19.4. The number of hydrogen-bond donors (Lipinski definition) is 1. The van der Waals surface area contributed by atoms with Crippen molar-refractivity contribution in [3.63, 3.8) is 0 Å². The van der Waals surface area contributed by atoms with Crippen LogP contribution in [0.25, 0.3) is 0 Å². The molecule has 1 rings (SSSR count). The smallest absolute Gasteiger partial charge is 0.418 e. The molecule has 0 radical (unpaired) electrons. The van der Waals surface area contributed by atoms with Crippen LogP contribution in [-0.4, -0.2) is 13.2 Å². The van der Waals surface area contributed by atoms with E-state index in [9.17, 15) is 13.2 Å². The summed E-state index contributed by atoms with van der Waals surface area (Å²) in [4.78, 5) is 0. The Hall–Kier alpha value is -1.39. The zero-order valence-corrected chi connectivity index (χ0v) is 11.5. The zero-order valence-electron chi connectivity index (χ0n) is 11.5. The maximum atomic E-state index is 13.0. The van der Waals surface area contributed by atoms with Crippen LogP contribution in [0.4, 0.5) is 18.9 Å². The number of rotatable bonds is 6. The van der Waals surface area contributed by atoms with E-state index < -0.39 is 11.7 Å². The molecule has 0 saturated heterocycles. The van der Waals surface area contributed by atoms with Gasteiger partial charge >= 0.3 is 6.18 Å². The van der Waals surface area contributed by atoms with Crippen molar-refractivity contribution in [2.45, 2.75) is 45.3 Å². The maximum Gasteiger partial charge on any atom is 0.418 e. The highest BCUT2D eigenvalue weighted by Gasteiger charge is 2.34. The Morgan fingerprint density at radius 1 is 1.26 bits per heavy atom. The number of halogens is 3. The Bertz CT molecular complexity index is 404. The summed E-state index contributed by atoms with van der Waals surface area (Å²) in [6.45, 7) is 3.98. The molecule has 0 aromatic heterocycles. The van der Waals surface area contributed by atoms with Crippen molar-refractivity contribution >= 4 is 5.69 Å². The van der Waals surface area contributed by atoms with Crippen molar-refractivity contribution in [2.75, 3.05) is 12.4 Å². The SMILES string of the molecule is CCCC(CC)Nc1ccc(OC)cc1C(F)(F)F. The van der Waals surface area contributed by atoms with Crippen LogP contribution in [0.3, 0.4) is 0 Å². The predicted molar refractivity (Wildman–Crippen MR) is 70.6 cm³/mol. The van der Waals surface area contributed by atoms with E-state index in [0.29, 0.717) is 0 Å². The first-order valence-corrected chi connectivity index (χ1v) is 6.44. The number of benzene rings is 1. The van der Waals surface area contributed by atoms with E-state index in [1.165, 1.54) is 19.2 Å². The van der Waals surface area contributed by atoms with Crippen molar-refractivity contribution in [1.29, 1.82) is 0 Å². The van der Waals surface area contributed by atoms with Gasteiger partial charge in [-0.05, 0) is 31.0 Å². The van der Waals surface area contributed by atoms with Gasteiger partial charge in [-0.1, -0.05) is 20.3 Å². The van der Waals surface area contributed by atoms with E-state index in [2.05, 4.69) is 5.32 Å². The van der Waals surface area contributed by atoms with Crippen LogP contribution >= 0.6 is 0 Å². The van der Waals surface area contributed by atoms with Gasteiger partial charge in [0.2, 0.25) is 0 Å². The number of nitrogens with one attached hydrogen (secondary N) is 1. The summed E-state index contributed by atoms with van der Waals surface area (Å²) in [5.74, 6) is 0.210. The van der Waals surface area contributed by atoms with Crippen molar-refractivity contribution < 1.29 is 17.9 Å². The summed E-state index contributed by atoms with van der Waals surface area (Å²) >= 11 is 0. The van der Waals surface area contributed by atoms with E-state index in [0.717, 1.165) is 25.3 Å². The Balaban J connectivity index is 3.05. The average Bonchev–Trinajstić information content (AvgIpc) is 2.37. The van der Waals surface area contributed by atoms with Crippen LogP contribution in [0, 0.1) is 0 Å². The molecular weight excluding hydrogens is 255 g/mol. The summed E-state index contributed by atoms with van der Waals surface area (Å²) in [7, 11) is 1.36. The van der Waals surface area contributed by atoms with Crippen LogP contribution in [0.15, 0.2) is 18.2 Å². The van der Waals surface area contributed by atoms with Gasteiger partial charge in [0.25, 0.3) is 0 Å². The summed E-state index contributed by atoms with van der Waals surface area (Å²) in [6, 6.07) is 4.05. The van der Waals surface area contributed by atoms with Crippen molar-refractivity contribution in [3.8, 4) is 5.75 Å². The second-order valence-corrected chi connectivity index (χ2v) is 4.45. The number of alkyl halides is 3. The monoisotopic (exact) mass is 275 g/mol. The van der Waals surface area contributed by atoms with Gasteiger partial charge in [-0.15, -0.1) is 0 Å². The molecule has 0 fully saturated rings. The zero-order chi connectivity index (χ0) is 14.5. The van der Waals surface area contributed by atoms with Crippen LogP contribution in [0.1, 0.15) is 38.7 Å².